The SMILES string of the molecule is O=C(CCCOc1ccc(Cl)cc1)Nc1nnc([C@H]2CCCO2)s1. The third-order valence-electron chi connectivity index (χ3n) is 3.52. The van der Waals surface area contributed by atoms with Gasteiger partial charge in [0.15, 0.2) is 0 Å². The Balaban J connectivity index is 1.37. The largest absolute Gasteiger partial charge is 0.494 e. The zero-order valence-corrected chi connectivity index (χ0v) is 14.6. The molecule has 2 heterocycles. The van der Waals surface area contributed by atoms with Gasteiger partial charge in [-0.2, -0.15) is 0 Å². The van der Waals surface area contributed by atoms with Crippen LogP contribution in [0.15, 0.2) is 24.3 Å². The Morgan fingerprint density at radius 1 is 1.38 bits per heavy atom. The van der Waals surface area contributed by atoms with E-state index >= 15 is 0 Å². The molecule has 1 fully saturated rings. The highest BCUT2D eigenvalue weighted by molar-refractivity contribution is 7.15. The summed E-state index contributed by atoms with van der Waals surface area (Å²) in [5.41, 5.74) is 0. The molecule has 1 aromatic heterocycles. The van der Waals surface area contributed by atoms with Crippen LogP contribution in [0.2, 0.25) is 5.02 Å². The van der Waals surface area contributed by atoms with Gasteiger partial charge in [0.05, 0.1) is 6.61 Å². The third-order valence-corrected chi connectivity index (χ3v) is 4.71. The average molecular weight is 368 g/mol. The second-order valence-electron chi connectivity index (χ2n) is 5.40. The second kappa shape index (κ2) is 8.41. The molecule has 3 rings (SSSR count). The van der Waals surface area contributed by atoms with Crippen LogP contribution in [-0.4, -0.2) is 29.3 Å². The number of anilines is 1. The van der Waals surface area contributed by atoms with E-state index in [-0.39, 0.29) is 12.0 Å². The smallest absolute Gasteiger partial charge is 0.226 e. The normalized spacial score (nSPS) is 17.0. The molecule has 6 nitrogen and oxygen atoms in total. The Morgan fingerprint density at radius 3 is 2.96 bits per heavy atom. The summed E-state index contributed by atoms with van der Waals surface area (Å²) in [6, 6.07) is 7.14. The minimum Gasteiger partial charge on any atom is -0.494 e. The van der Waals surface area contributed by atoms with Gasteiger partial charge in [-0.3, -0.25) is 4.79 Å². The Kier molecular flexibility index (Phi) is 6.01. The third kappa shape index (κ3) is 4.90. The van der Waals surface area contributed by atoms with Gasteiger partial charge in [0.2, 0.25) is 11.0 Å². The molecule has 0 aliphatic carbocycles. The number of ether oxygens (including phenoxy) is 2. The Morgan fingerprint density at radius 2 is 2.21 bits per heavy atom. The number of amides is 1. The van der Waals surface area contributed by atoms with Gasteiger partial charge in [-0.05, 0) is 43.5 Å². The lowest BCUT2D eigenvalue weighted by Crippen LogP contribution is -2.12. The van der Waals surface area contributed by atoms with Crippen molar-refractivity contribution in [1.82, 2.24) is 10.2 Å². The summed E-state index contributed by atoms with van der Waals surface area (Å²) in [7, 11) is 0. The summed E-state index contributed by atoms with van der Waals surface area (Å²) < 4.78 is 11.1. The second-order valence-corrected chi connectivity index (χ2v) is 6.85. The number of nitrogens with one attached hydrogen (secondary N) is 1. The minimum atomic E-state index is -0.0928. The minimum absolute atomic E-state index is 0.0286. The van der Waals surface area contributed by atoms with E-state index in [1.54, 1.807) is 24.3 Å². The highest BCUT2D eigenvalue weighted by Crippen LogP contribution is 2.31. The predicted molar refractivity (Wildman–Crippen MR) is 92.6 cm³/mol. The van der Waals surface area contributed by atoms with Gasteiger partial charge in [-0.25, -0.2) is 0 Å². The maximum Gasteiger partial charge on any atom is 0.226 e. The highest BCUT2D eigenvalue weighted by Gasteiger charge is 2.22. The molecule has 1 aliphatic heterocycles. The predicted octanol–water partition coefficient (Wildman–Crippen LogP) is 3.84. The van der Waals surface area contributed by atoms with Crippen LogP contribution in [0.1, 0.15) is 36.8 Å². The van der Waals surface area contributed by atoms with Gasteiger partial charge in [0.25, 0.3) is 0 Å². The molecule has 0 saturated carbocycles. The first kappa shape index (κ1) is 17.1. The van der Waals surface area contributed by atoms with Crippen LogP contribution in [0, 0.1) is 0 Å². The van der Waals surface area contributed by atoms with E-state index in [2.05, 4.69) is 15.5 Å². The highest BCUT2D eigenvalue weighted by atomic mass is 35.5. The zero-order chi connectivity index (χ0) is 16.8. The number of benzene rings is 1. The van der Waals surface area contributed by atoms with Crippen molar-refractivity contribution in [3.05, 3.63) is 34.3 Å². The number of carbonyl (C=O) groups excluding carboxylic acids is 1. The van der Waals surface area contributed by atoms with Gasteiger partial charge in [0.1, 0.15) is 16.9 Å². The molecule has 1 aromatic carbocycles. The van der Waals surface area contributed by atoms with Gasteiger partial charge in [-0.1, -0.05) is 22.9 Å². The molecule has 0 radical (unpaired) electrons. The fourth-order valence-corrected chi connectivity index (χ4v) is 3.29. The molecule has 1 amide bonds. The lowest BCUT2D eigenvalue weighted by molar-refractivity contribution is -0.116. The lowest BCUT2D eigenvalue weighted by Gasteiger charge is -2.06. The van der Waals surface area contributed by atoms with E-state index in [1.807, 2.05) is 0 Å². The van der Waals surface area contributed by atoms with Crippen LogP contribution in [0.3, 0.4) is 0 Å². The molecule has 128 valence electrons. The monoisotopic (exact) mass is 367 g/mol. The maximum absolute atomic E-state index is 11.9. The topological polar surface area (TPSA) is 73.3 Å². The molecule has 0 unspecified atom stereocenters. The quantitative estimate of drug-likeness (QED) is 0.752. The summed E-state index contributed by atoms with van der Waals surface area (Å²) in [4.78, 5) is 11.9. The Labute approximate surface area is 149 Å². The molecule has 1 N–H and O–H groups in total. The first-order valence-electron chi connectivity index (χ1n) is 7.84. The molecule has 8 heteroatoms. The van der Waals surface area contributed by atoms with Crippen molar-refractivity contribution in [2.24, 2.45) is 0 Å². The van der Waals surface area contributed by atoms with Gasteiger partial charge < -0.3 is 14.8 Å². The van der Waals surface area contributed by atoms with E-state index in [9.17, 15) is 4.79 Å². The molecule has 0 bridgehead atoms. The number of aromatic nitrogens is 2. The van der Waals surface area contributed by atoms with Gasteiger partial charge in [-0.15, -0.1) is 10.2 Å². The van der Waals surface area contributed by atoms with Crippen molar-refractivity contribution in [2.75, 3.05) is 18.5 Å². The van der Waals surface area contributed by atoms with Crippen LogP contribution in [-0.2, 0) is 9.53 Å². The van der Waals surface area contributed by atoms with Crippen molar-refractivity contribution >= 4 is 34.0 Å². The number of nitrogens with zero attached hydrogens (tertiary/aromatic N) is 2. The van der Waals surface area contributed by atoms with E-state index < -0.39 is 0 Å². The average Bonchev–Trinajstić information content (AvgIpc) is 3.24. The van der Waals surface area contributed by atoms with Crippen molar-refractivity contribution in [2.45, 2.75) is 31.8 Å². The summed E-state index contributed by atoms with van der Waals surface area (Å²) in [6.45, 7) is 1.23. The number of hydrogen-bond acceptors (Lipinski definition) is 6. The van der Waals surface area contributed by atoms with Crippen LogP contribution in [0.5, 0.6) is 5.75 Å². The first-order valence-corrected chi connectivity index (χ1v) is 9.03. The molecule has 0 spiro atoms. The van der Waals surface area contributed by atoms with Crippen LogP contribution in [0.4, 0.5) is 5.13 Å². The van der Waals surface area contributed by atoms with E-state index in [0.29, 0.717) is 29.6 Å². The summed E-state index contributed by atoms with van der Waals surface area (Å²) in [6.07, 6.45) is 3.01. The molecular weight excluding hydrogens is 350 g/mol. The number of hydrogen-bond donors (Lipinski definition) is 1. The Hall–Kier alpha value is -1.70. The van der Waals surface area contributed by atoms with Crippen molar-refractivity contribution in [3.8, 4) is 5.75 Å². The zero-order valence-electron chi connectivity index (χ0n) is 13.0. The maximum atomic E-state index is 11.9. The fourth-order valence-electron chi connectivity index (χ4n) is 2.32. The van der Waals surface area contributed by atoms with E-state index in [1.165, 1.54) is 11.3 Å². The van der Waals surface area contributed by atoms with E-state index in [4.69, 9.17) is 21.1 Å². The fraction of sp³-hybridized carbons (Fsp3) is 0.438. The molecule has 24 heavy (non-hydrogen) atoms. The summed E-state index contributed by atoms with van der Waals surface area (Å²) in [5.74, 6) is 0.648. The standard InChI is InChI=1S/C16H18ClN3O3S/c17-11-5-7-12(8-6-11)22-9-2-4-14(21)18-16-20-19-15(24-16)13-3-1-10-23-13/h5-8,13H,1-4,9-10H2,(H,18,20,21)/t13-/m1/s1. The molecule has 1 aliphatic rings. The summed E-state index contributed by atoms with van der Waals surface area (Å²) >= 11 is 7.18. The number of halogens is 1. The van der Waals surface area contributed by atoms with Crippen molar-refractivity contribution in [1.29, 1.82) is 0 Å². The van der Waals surface area contributed by atoms with Crippen LogP contribution in [0.25, 0.3) is 0 Å². The van der Waals surface area contributed by atoms with Crippen molar-refractivity contribution in [3.63, 3.8) is 0 Å². The Bertz CT molecular complexity index is 671. The van der Waals surface area contributed by atoms with Crippen LogP contribution >= 0.6 is 22.9 Å². The molecule has 1 atom stereocenters. The number of carbonyl (C=O) groups is 1. The van der Waals surface area contributed by atoms with Crippen LogP contribution < -0.4 is 10.1 Å². The van der Waals surface area contributed by atoms with Gasteiger partial charge in [0, 0.05) is 18.1 Å². The van der Waals surface area contributed by atoms with Gasteiger partial charge >= 0.3 is 0 Å². The molecule has 2 aromatic rings. The van der Waals surface area contributed by atoms with E-state index in [0.717, 1.165) is 30.2 Å². The van der Waals surface area contributed by atoms with Crippen molar-refractivity contribution < 1.29 is 14.3 Å². The molecule has 1 saturated heterocycles. The lowest BCUT2D eigenvalue weighted by atomic mass is 10.2. The molecular formula is C16H18ClN3O3S. The summed E-state index contributed by atoms with van der Waals surface area (Å²) in [5, 5.41) is 12.9. The first-order chi connectivity index (χ1) is 11.7. The number of rotatable bonds is 7.